The first-order valence-corrected chi connectivity index (χ1v) is 8.96. The Labute approximate surface area is 136 Å². The van der Waals surface area contributed by atoms with Crippen molar-refractivity contribution in [2.75, 3.05) is 0 Å². The molecule has 0 fully saturated rings. The maximum absolute atomic E-state index is 2.29. The average molecular weight is 294 g/mol. The van der Waals surface area contributed by atoms with Gasteiger partial charge in [-0.2, -0.15) is 0 Å². The predicted molar refractivity (Wildman–Crippen MR) is 97.2 cm³/mol. The first kappa shape index (κ1) is 16.8. The van der Waals surface area contributed by atoms with Crippen LogP contribution in [0.25, 0.3) is 0 Å². The van der Waals surface area contributed by atoms with Crippen LogP contribution < -0.4 is 0 Å². The molecular weight excluding hydrogens is 264 g/mol. The van der Waals surface area contributed by atoms with Crippen molar-refractivity contribution in [3.63, 3.8) is 0 Å². The van der Waals surface area contributed by atoms with Gasteiger partial charge in [0.2, 0.25) is 0 Å². The SMILES string of the molecule is CCCCCCCC(Cc1ccccc1)Cc1ccccc1. The number of unbranched alkanes of at least 4 members (excludes halogenated alkanes) is 4. The normalized spacial score (nSPS) is 11.0. The van der Waals surface area contributed by atoms with Crippen LogP contribution in [0.4, 0.5) is 0 Å². The van der Waals surface area contributed by atoms with E-state index in [4.69, 9.17) is 0 Å². The molecule has 0 nitrogen and oxygen atoms in total. The van der Waals surface area contributed by atoms with Gasteiger partial charge in [-0.25, -0.2) is 0 Å². The molecule has 0 unspecified atom stereocenters. The van der Waals surface area contributed by atoms with E-state index in [2.05, 4.69) is 67.6 Å². The van der Waals surface area contributed by atoms with Crippen LogP contribution in [0.2, 0.25) is 0 Å². The van der Waals surface area contributed by atoms with Crippen LogP contribution in [0.15, 0.2) is 60.7 Å². The Morgan fingerprint density at radius 1 is 0.636 bits per heavy atom. The van der Waals surface area contributed by atoms with Gasteiger partial charge in [-0.15, -0.1) is 0 Å². The summed E-state index contributed by atoms with van der Waals surface area (Å²) in [7, 11) is 0. The minimum atomic E-state index is 0.770. The van der Waals surface area contributed by atoms with E-state index in [0.29, 0.717) is 0 Å². The van der Waals surface area contributed by atoms with Gasteiger partial charge in [0.15, 0.2) is 0 Å². The van der Waals surface area contributed by atoms with Crippen molar-refractivity contribution in [3.05, 3.63) is 71.8 Å². The summed E-state index contributed by atoms with van der Waals surface area (Å²) in [6.07, 6.45) is 10.7. The van der Waals surface area contributed by atoms with Gasteiger partial charge in [0.1, 0.15) is 0 Å². The Morgan fingerprint density at radius 2 is 1.14 bits per heavy atom. The second-order valence-corrected chi connectivity index (χ2v) is 6.45. The van der Waals surface area contributed by atoms with Crippen LogP contribution in [0, 0.1) is 5.92 Å². The molecule has 0 bridgehead atoms. The standard InChI is InChI=1S/C22H30/c1-2-3-4-5-8-17-22(18-20-13-9-6-10-14-20)19-21-15-11-7-12-16-21/h6-7,9-16,22H,2-5,8,17-19H2,1H3. The molecule has 0 aromatic heterocycles. The smallest absolute Gasteiger partial charge is 0.0247 e. The number of hydrogen-bond acceptors (Lipinski definition) is 0. The van der Waals surface area contributed by atoms with E-state index >= 15 is 0 Å². The van der Waals surface area contributed by atoms with E-state index in [0.717, 1.165) is 5.92 Å². The summed E-state index contributed by atoms with van der Waals surface area (Å²) in [5.41, 5.74) is 2.97. The molecule has 0 radical (unpaired) electrons. The van der Waals surface area contributed by atoms with E-state index in [-0.39, 0.29) is 0 Å². The molecule has 0 saturated heterocycles. The molecule has 0 aliphatic heterocycles. The monoisotopic (exact) mass is 294 g/mol. The lowest BCUT2D eigenvalue weighted by molar-refractivity contribution is 0.447. The summed E-state index contributed by atoms with van der Waals surface area (Å²) in [5, 5.41) is 0. The summed E-state index contributed by atoms with van der Waals surface area (Å²) < 4.78 is 0. The number of hydrogen-bond donors (Lipinski definition) is 0. The van der Waals surface area contributed by atoms with Gasteiger partial charge in [-0.1, -0.05) is 99.7 Å². The maximum Gasteiger partial charge on any atom is -0.0247 e. The molecule has 0 amide bonds. The van der Waals surface area contributed by atoms with Crippen LogP contribution >= 0.6 is 0 Å². The Morgan fingerprint density at radius 3 is 1.64 bits per heavy atom. The van der Waals surface area contributed by atoms with Gasteiger partial charge < -0.3 is 0 Å². The Hall–Kier alpha value is -1.56. The highest BCUT2D eigenvalue weighted by Crippen LogP contribution is 2.21. The van der Waals surface area contributed by atoms with E-state index in [1.165, 1.54) is 62.5 Å². The van der Waals surface area contributed by atoms with E-state index in [1.807, 2.05) is 0 Å². The number of benzene rings is 2. The highest BCUT2D eigenvalue weighted by atomic mass is 14.2. The van der Waals surface area contributed by atoms with Crippen molar-refractivity contribution < 1.29 is 0 Å². The molecule has 0 N–H and O–H groups in total. The molecule has 2 aromatic carbocycles. The summed E-state index contributed by atoms with van der Waals surface area (Å²) >= 11 is 0. The molecule has 0 aliphatic carbocycles. The zero-order valence-electron chi connectivity index (χ0n) is 14.0. The lowest BCUT2D eigenvalue weighted by Crippen LogP contribution is -2.08. The second-order valence-electron chi connectivity index (χ2n) is 6.45. The summed E-state index contributed by atoms with van der Waals surface area (Å²) in [5.74, 6) is 0.770. The third-order valence-electron chi connectivity index (χ3n) is 4.45. The maximum atomic E-state index is 2.29. The lowest BCUT2D eigenvalue weighted by atomic mass is 9.88. The third-order valence-corrected chi connectivity index (χ3v) is 4.45. The quantitative estimate of drug-likeness (QED) is 0.442. The minimum absolute atomic E-state index is 0.770. The van der Waals surface area contributed by atoms with E-state index < -0.39 is 0 Å². The fraction of sp³-hybridized carbons (Fsp3) is 0.455. The van der Waals surface area contributed by atoms with Crippen molar-refractivity contribution in [2.45, 2.75) is 58.3 Å². The summed E-state index contributed by atoms with van der Waals surface area (Å²) in [6, 6.07) is 22.0. The van der Waals surface area contributed by atoms with Gasteiger partial charge in [-0.3, -0.25) is 0 Å². The first-order valence-electron chi connectivity index (χ1n) is 8.96. The molecule has 22 heavy (non-hydrogen) atoms. The molecule has 2 rings (SSSR count). The molecule has 0 spiro atoms. The highest BCUT2D eigenvalue weighted by Gasteiger charge is 2.10. The third kappa shape index (κ3) is 6.47. The molecule has 0 saturated carbocycles. The van der Waals surface area contributed by atoms with E-state index in [1.54, 1.807) is 0 Å². The summed E-state index contributed by atoms with van der Waals surface area (Å²) in [4.78, 5) is 0. The summed E-state index contributed by atoms with van der Waals surface area (Å²) in [6.45, 7) is 2.29. The largest absolute Gasteiger partial charge is 0.0654 e. The average Bonchev–Trinajstić information content (AvgIpc) is 2.56. The minimum Gasteiger partial charge on any atom is -0.0654 e. The Bertz CT molecular complexity index is 444. The van der Waals surface area contributed by atoms with Gasteiger partial charge in [0.25, 0.3) is 0 Å². The van der Waals surface area contributed by atoms with Crippen LogP contribution in [0.1, 0.15) is 56.6 Å². The van der Waals surface area contributed by atoms with Gasteiger partial charge >= 0.3 is 0 Å². The van der Waals surface area contributed by atoms with Gasteiger partial charge in [0.05, 0.1) is 0 Å². The Kier molecular flexibility index (Phi) is 7.80. The highest BCUT2D eigenvalue weighted by molar-refractivity contribution is 5.18. The molecule has 0 aliphatic rings. The predicted octanol–water partition coefficient (Wildman–Crippen LogP) is 6.45. The van der Waals surface area contributed by atoms with Crippen molar-refractivity contribution >= 4 is 0 Å². The molecule has 0 atom stereocenters. The second kappa shape index (κ2) is 10.2. The van der Waals surface area contributed by atoms with Crippen LogP contribution in [0.3, 0.4) is 0 Å². The topological polar surface area (TPSA) is 0 Å². The van der Waals surface area contributed by atoms with Crippen LogP contribution in [-0.2, 0) is 12.8 Å². The fourth-order valence-electron chi connectivity index (χ4n) is 3.21. The van der Waals surface area contributed by atoms with Gasteiger partial charge in [0, 0.05) is 0 Å². The molecule has 118 valence electrons. The number of rotatable bonds is 10. The van der Waals surface area contributed by atoms with E-state index in [9.17, 15) is 0 Å². The zero-order valence-corrected chi connectivity index (χ0v) is 14.0. The fourth-order valence-corrected chi connectivity index (χ4v) is 3.21. The lowest BCUT2D eigenvalue weighted by Gasteiger charge is -2.17. The van der Waals surface area contributed by atoms with Gasteiger partial charge in [-0.05, 0) is 36.3 Å². The first-order chi connectivity index (χ1) is 10.9. The van der Waals surface area contributed by atoms with Crippen molar-refractivity contribution in [2.24, 2.45) is 5.92 Å². The molecule has 0 heterocycles. The Balaban J connectivity index is 1.88. The van der Waals surface area contributed by atoms with Crippen molar-refractivity contribution in [1.82, 2.24) is 0 Å². The van der Waals surface area contributed by atoms with Crippen molar-refractivity contribution in [3.8, 4) is 0 Å². The van der Waals surface area contributed by atoms with Crippen LogP contribution in [0.5, 0.6) is 0 Å². The van der Waals surface area contributed by atoms with Crippen LogP contribution in [-0.4, -0.2) is 0 Å². The molecule has 0 heteroatoms. The molecular formula is C22H30. The molecule has 2 aromatic rings. The zero-order chi connectivity index (χ0) is 15.5. The van der Waals surface area contributed by atoms with Crippen molar-refractivity contribution in [1.29, 1.82) is 0 Å².